The van der Waals surface area contributed by atoms with Crippen LogP contribution in [0.2, 0.25) is 0 Å². The van der Waals surface area contributed by atoms with E-state index in [-0.39, 0.29) is 6.10 Å². The highest BCUT2D eigenvalue weighted by Gasteiger charge is 2.27. The van der Waals surface area contributed by atoms with Crippen LogP contribution in [0.1, 0.15) is 28.8 Å². The fourth-order valence-corrected chi connectivity index (χ4v) is 3.15. The number of carbonyl (C=O) groups is 1. The van der Waals surface area contributed by atoms with E-state index in [1.165, 1.54) is 18.4 Å². The fourth-order valence-electron chi connectivity index (χ4n) is 3.15. The predicted octanol–water partition coefficient (Wildman–Crippen LogP) is 1.93. The third-order valence-electron chi connectivity index (χ3n) is 4.62. The van der Waals surface area contributed by atoms with E-state index in [1.807, 2.05) is 12.1 Å². The lowest BCUT2D eigenvalue weighted by atomic mass is 10.1. The van der Waals surface area contributed by atoms with Gasteiger partial charge in [0.25, 0.3) is 0 Å². The van der Waals surface area contributed by atoms with Gasteiger partial charge in [0.15, 0.2) is 0 Å². The van der Waals surface area contributed by atoms with Gasteiger partial charge in [0.1, 0.15) is 0 Å². The Morgan fingerprint density at radius 2 is 2.04 bits per heavy atom. The summed E-state index contributed by atoms with van der Waals surface area (Å²) in [7, 11) is 2.14. The molecule has 126 valence electrons. The van der Waals surface area contributed by atoms with Gasteiger partial charge in [0.05, 0.1) is 18.3 Å². The van der Waals surface area contributed by atoms with E-state index in [2.05, 4.69) is 16.8 Å². The van der Waals surface area contributed by atoms with E-state index in [0.29, 0.717) is 5.56 Å². The molecule has 1 aromatic carbocycles. The molecule has 0 bridgehead atoms. The highest BCUT2D eigenvalue weighted by atomic mass is 16.5. The topological polar surface area (TPSA) is 53.0 Å². The second kappa shape index (κ2) is 7.43. The van der Waals surface area contributed by atoms with E-state index in [9.17, 15) is 4.79 Å². The van der Waals surface area contributed by atoms with Crippen molar-refractivity contribution in [2.24, 2.45) is 5.92 Å². The molecule has 1 heterocycles. The Labute approximate surface area is 137 Å². The Hall–Kier alpha value is -1.43. The zero-order valence-corrected chi connectivity index (χ0v) is 13.8. The molecule has 3 rings (SSSR count). The van der Waals surface area contributed by atoms with Crippen LogP contribution in [0, 0.1) is 5.92 Å². The van der Waals surface area contributed by atoms with Gasteiger partial charge in [-0.1, -0.05) is 12.1 Å². The van der Waals surface area contributed by atoms with Crippen molar-refractivity contribution in [2.45, 2.75) is 25.5 Å². The van der Waals surface area contributed by atoms with Gasteiger partial charge >= 0.3 is 5.97 Å². The van der Waals surface area contributed by atoms with Crippen molar-refractivity contribution in [2.75, 3.05) is 39.8 Å². The first-order valence-electron chi connectivity index (χ1n) is 8.45. The summed E-state index contributed by atoms with van der Waals surface area (Å²) in [6.45, 7) is 5.73. The number of carboxylic acids is 1. The van der Waals surface area contributed by atoms with Crippen LogP contribution in [0.25, 0.3) is 0 Å². The van der Waals surface area contributed by atoms with E-state index >= 15 is 0 Å². The first kappa shape index (κ1) is 16.4. The molecule has 2 aliphatic rings. The molecule has 1 atom stereocenters. The maximum atomic E-state index is 11.0. The number of ether oxygens (including phenoxy) is 1. The van der Waals surface area contributed by atoms with Gasteiger partial charge in [0, 0.05) is 32.7 Å². The monoisotopic (exact) mass is 318 g/mol. The molecule has 1 aliphatic heterocycles. The van der Waals surface area contributed by atoms with Gasteiger partial charge < -0.3 is 14.7 Å². The summed E-state index contributed by atoms with van der Waals surface area (Å²) >= 11 is 0. The van der Waals surface area contributed by atoms with E-state index in [1.54, 1.807) is 12.1 Å². The second-order valence-corrected chi connectivity index (χ2v) is 6.89. The van der Waals surface area contributed by atoms with E-state index < -0.39 is 5.97 Å². The smallest absolute Gasteiger partial charge is 0.335 e. The van der Waals surface area contributed by atoms with Gasteiger partial charge in [-0.05, 0) is 43.5 Å². The minimum atomic E-state index is -0.870. The molecular formula is C18H26N2O3. The summed E-state index contributed by atoms with van der Waals surface area (Å²) in [5, 5.41) is 8.99. The lowest BCUT2D eigenvalue weighted by Gasteiger charge is -2.34. The number of likely N-dealkylation sites (N-methyl/N-ethyl adjacent to an activating group) is 1. The number of morpholine rings is 1. The summed E-state index contributed by atoms with van der Waals surface area (Å²) in [5.74, 6) is -0.0420. The Morgan fingerprint density at radius 1 is 1.30 bits per heavy atom. The average molecular weight is 318 g/mol. The summed E-state index contributed by atoms with van der Waals surface area (Å²) < 4.78 is 5.91. The third kappa shape index (κ3) is 5.03. The molecule has 1 N–H and O–H groups in total. The van der Waals surface area contributed by atoms with Gasteiger partial charge in [-0.3, -0.25) is 4.90 Å². The number of carboxylic acid groups (broad SMARTS) is 1. The van der Waals surface area contributed by atoms with E-state index in [0.717, 1.165) is 45.2 Å². The van der Waals surface area contributed by atoms with Gasteiger partial charge in [0.2, 0.25) is 0 Å². The summed E-state index contributed by atoms with van der Waals surface area (Å²) in [6.07, 6.45) is 2.94. The number of hydrogen-bond donors (Lipinski definition) is 1. The van der Waals surface area contributed by atoms with Gasteiger partial charge in [-0.2, -0.15) is 0 Å². The Morgan fingerprint density at radius 3 is 2.65 bits per heavy atom. The van der Waals surface area contributed by atoms with Crippen molar-refractivity contribution in [1.82, 2.24) is 9.80 Å². The normalized spacial score (nSPS) is 22.4. The average Bonchev–Trinajstić information content (AvgIpc) is 3.31. The summed E-state index contributed by atoms with van der Waals surface area (Å²) in [4.78, 5) is 15.7. The largest absolute Gasteiger partial charge is 0.478 e. The molecule has 0 radical (unpaired) electrons. The van der Waals surface area contributed by atoms with Crippen LogP contribution in [0.5, 0.6) is 0 Å². The zero-order valence-electron chi connectivity index (χ0n) is 13.8. The molecule has 1 saturated carbocycles. The summed E-state index contributed by atoms with van der Waals surface area (Å²) in [5.41, 5.74) is 1.51. The zero-order chi connectivity index (χ0) is 16.2. The standard InChI is InChI=1S/C18H26N2O3/c1-19-8-9-23-17(12-19)13-20(10-14-2-3-14)11-15-4-6-16(7-5-15)18(21)22/h4-7,14,17H,2-3,8-13H2,1H3,(H,21,22). The number of nitrogens with zero attached hydrogens (tertiary/aromatic N) is 2. The molecule has 23 heavy (non-hydrogen) atoms. The maximum Gasteiger partial charge on any atom is 0.335 e. The van der Waals surface area contributed by atoms with Gasteiger partial charge in [-0.25, -0.2) is 4.79 Å². The van der Waals surface area contributed by atoms with Crippen molar-refractivity contribution in [3.8, 4) is 0 Å². The highest BCUT2D eigenvalue weighted by Crippen LogP contribution is 2.30. The lowest BCUT2D eigenvalue weighted by molar-refractivity contribution is -0.0372. The Bertz CT molecular complexity index is 528. The molecule has 1 aromatic rings. The lowest BCUT2D eigenvalue weighted by Crippen LogP contribution is -2.46. The first-order chi connectivity index (χ1) is 11.1. The van der Waals surface area contributed by atoms with Crippen molar-refractivity contribution >= 4 is 5.97 Å². The fraction of sp³-hybridized carbons (Fsp3) is 0.611. The molecule has 5 heteroatoms. The van der Waals surface area contributed by atoms with Crippen molar-refractivity contribution in [3.05, 3.63) is 35.4 Å². The van der Waals surface area contributed by atoms with Gasteiger partial charge in [-0.15, -0.1) is 0 Å². The SMILES string of the molecule is CN1CCOC(CN(Cc2ccc(C(=O)O)cc2)CC2CC2)C1. The van der Waals surface area contributed by atoms with Crippen molar-refractivity contribution in [1.29, 1.82) is 0 Å². The number of benzene rings is 1. The quantitative estimate of drug-likeness (QED) is 0.832. The maximum absolute atomic E-state index is 11.0. The molecule has 0 amide bonds. The van der Waals surface area contributed by atoms with Crippen LogP contribution < -0.4 is 0 Å². The number of rotatable bonds is 7. The summed E-state index contributed by atoms with van der Waals surface area (Å²) in [6, 6.07) is 7.24. The molecule has 1 saturated heterocycles. The molecule has 0 spiro atoms. The minimum Gasteiger partial charge on any atom is -0.478 e. The Balaban J connectivity index is 1.60. The molecule has 2 fully saturated rings. The van der Waals surface area contributed by atoms with Crippen LogP contribution in [-0.2, 0) is 11.3 Å². The first-order valence-corrected chi connectivity index (χ1v) is 8.45. The van der Waals surface area contributed by atoms with Crippen LogP contribution in [0.3, 0.4) is 0 Å². The minimum absolute atomic E-state index is 0.269. The molecule has 1 aliphatic carbocycles. The third-order valence-corrected chi connectivity index (χ3v) is 4.62. The predicted molar refractivity (Wildman–Crippen MR) is 88.6 cm³/mol. The van der Waals surface area contributed by atoms with Crippen LogP contribution in [-0.4, -0.2) is 66.8 Å². The van der Waals surface area contributed by atoms with E-state index in [4.69, 9.17) is 9.84 Å². The molecule has 1 unspecified atom stereocenters. The van der Waals surface area contributed by atoms with Crippen molar-refractivity contribution < 1.29 is 14.6 Å². The van der Waals surface area contributed by atoms with Crippen molar-refractivity contribution in [3.63, 3.8) is 0 Å². The molecular weight excluding hydrogens is 292 g/mol. The molecule has 0 aromatic heterocycles. The molecule has 5 nitrogen and oxygen atoms in total. The van der Waals surface area contributed by atoms with Crippen LogP contribution >= 0.6 is 0 Å². The number of hydrogen-bond acceptors (Lipinski definition) is 4. The highest BCUT2D eigenvalue weighted by molar-refractivity contribution is 5.87. The van der Waals surface area contributed by atoms with Crippen LogP contribution in [0.4, 0.5) is 0 Å². The van der Waals surface area contributed by atoms with Crippen LogP contribution in [0.15, 0.2) is 24.3 Å². The second-order valence-electron chi connectivity index (χ2n) is 6.89. The number of aromatic carboxylic acids is 1. The Kier molecular flexibility index (Phi) is 5.30.